The first-order valence-electron chi connectivity index (χ1n) is 13.4. The van der Waals surface area contributed by atoms with E-state index in [9.17, 15) is 20.1 Å². The van der Waals surface area contributed by atoms with Gasteiger partial charge in [0.1, 0.15) is 11.9 Å². The Morgan fingerprint density at radius 2 is 1.59 bits per heavy atom. The molecule has 4 heteroatoms. The van der Waals surface area contributed by atoms with E-state index in [1.807, 2.05) is 13.0 Å². The Hall–Kier alpha value is -1.94. The van der Waals surface area contributed by atoms with Crippen molar-refractivity contribution >= 4 is 11.6 Å². The fourth-order valence-corrected chi connectivity index (χ4v) is 10.1. The summed E-state index contributed by atoms with van der Waals surface area (Å²) in [6.45, 7) is 13.6. The maximum Gasteiger partial charge on any atom is 0.176 e. The Balaban J connectivity index is 1.63. The topological polar surface area (TPSA) is 81.7 Å². The van der Waals surface area contributed by atoms with Crippen LogP contribution in [0.2, 0.25) is 0 Å². The molecule has 5 aliphatic carbocycles. The minimum absolute atomic E-state index is 0.0271. The average Bonchev–Trinajstić information content (AvgIpc) is 2.77. The fourth-order valence-electron chi connectivity index (χ4n) is 10.1. The summed E-state index contributed by atoms with van der Waals surface area (Å²) in [6.07, 6.45) is 9.19. The van der Waals surface area contributed by atoms with E-state index < -0.39 is 0 Å². The second-order valence-corrected chi connectivity index (χ2v) is 14.1. The number of Topliss-reactive ketones (excluding diaryl/α,β-unsaturated/α-hetero) is 2. The van der Waals surface area contributed by atoms with Gasteiger partial charge in [0.15, 0.2) is 5.78 Å². The van der Waals surface area contributed by atoms with Crippen LogP contribution in [0.15, 0.2) is 11.6 Å². The zero-order valence-electron chi connectivity index (χ0n) is 21.8. The van der Waals surface area contributed by atoms with Crippen LogP contribution in [-0.2, 0) is 9.59 Å². The molecule has 0 aliphatic heterocycles. The lowest BCUT2D eigenvalue weighted by Crippen LogP contribution is -2.67. The van der Waals surface area contributed by atoms with Crippen LogP contribution in [0.1, 0.15) is 92.9 Å². The number of nitrogens with zero attached hydrogens (tertiary/aromatic N) is 2. The van der Waals surface area contributed by atoms with Crippen LogP contribution in [0.3, 0.4) is 0 Å². The highest BCUT2D eigenvalue weighted by Crippen LogP contribution is 2.75. The summed E-state index contributed by atoms with van der Waals surface area (Å²) < 4.78 is 0. The Morgan fingerprint density at radius 3 is 2.24 bits per heavy atom. The molecule has 0 aromatic carbocycles. The predicted molar refractivity (Wildman–Crippen MR) is 130 cm³/mol. The van der Waals surface area contributed by atoms with E-state index in [4.69, 9.17) is 0 Å². The smallest absolute Gasteiger partial charge is 0.176 e. The standard InChI is InChI=1S/C30H40N2O2/c1-18-20-7-8-28(5)23(27(20,4)14-19(16-31)25(18)34)13-22(33)24-21-15-26(2,3)9-11-30(21,17-32)12-10-29(24,28)6/h14,18,20-21,23-24H,7-13,15H2,1-6H3/t18-,20?,21?,23?,24?,27-,28+,29+,30+/m0/s1. The third-order valence-electron chi connectivity index (χ3n) is 12.3. The van der Waals surface area contributed by atoms with Gasteiger partial charge in [0.25, 0.3) is 0 Å². The van der Waals surface area contributed by atoms with Gasteiger partial charge in [-0.2, -0.15) is 10.5 Å². The third kappa shape index (κ3) is 2.75. The fraction of sp³-hybridized carbons (Fsp3) is 0.800. The Kier molecular flexibility index (Phi) is 4.94. The zero-order chi connectivity index (χ0) is 24.9. The molecule has 4 nitrogen and oxygen atoms in total. The molecule has 5 aliphatic rings. The van der Waals surface area contributed by atoms with Gasteiger partial charge in [-0.05, 0) is 84.4 Å². The zero-order valence-corrected chi connectivity index (χ0v) is 21.8. The molecule has 4 saturated carbocycles. The summed E-state index contributed by atoms with van der Waals surface area (Å²) in [5, 5.41) is 20.1. The van der Waals surface area contributed by atoms with Gasteiger partial charge in [-0.25, -0.2) is 0 Å². The summed E-state index contributed by atoms with van der Waals surface area (Å²) in [4.78, 5) is 27.1. The molecular weight excluding hydrogens is 420 g/mol. The van der Waals surface area contributed by atoms with Crippen LogP contribution in [0.25, 0.3) is 0 Å². The molecule has 0 amide bonds. The maximum absolute atomic E-state index is 14.2. The highest BCUT2D eigenvalue weighted by molar-refractivity contribution is 6.01. The SMILES string of the molecule is C[C@@H]1C(=O)C(C#N)=C[C@@]2(C)C1CC[C@]1(C)C2CC(=O)C2C3CC(C)(C)CC[C@]3(C#N)CC[C@]21C. The van der Waals surface area contributed by atoms with Gasteiger partial charge in [0.05, 0.1) is 17.1 Å². The lowest BCUT2D eigenvalue weighted by Gasteiger charge is -2.70. The lowest BCUT2D eigenvalue weighted by atomic mass is 9.32. The number of carbonyl (C=O) groups excluding carboxylic acids is 2. The number of hydrogen-bond donors (Lipinski definition) is 0. The molecule has 0 radical (unpaired) electrons. The van der Waals surface area contributed by atoms with Gasteiger partial charge in [0.2, 0.25) is 0 Å². The minimum atomic E-state index is -0.362. The van der Waals surface area contributed by atoms with Crippen LogP contribution in [0, 0.1) is 79.3 Å². The number of carbonyl (C=O) groups is 2. The van der Waals surface area contributed by atoms with Gasteiger partial charge in [0, 0.05) is 18.3 Å². The van der Waals surface area contributed by atoms with Crippen molar-refractivity contribution in [2.24, 2.45) is 56.7 Å². The van der Waals surface area contributed by atoms with E-state index in [1.165, 1.54) is 0 Å². The number of rotatable bonds is 0. The molecular formula is C30H40N2O2. The van der Waals surface area contributed by atoms with Gasteiger partial charge < -0.3 is 0 Å². The summed E-state index contributed by atoms with van der Waals surface area (Å²) >= 11 is 0. The molecule has 4 fully saturated rings. The van der Waals surface area contributed by atoms with E-state index >= 15 is 0 Å². The number of ketones is 2. The third-order valence-corrected chi connectivity index (χ3v) is 12.3. The molecule has 0 heterocycles. The Labute approximate surface area is 205 Å². The molecule has 0 N–H and O–H groups in total. The first-order chi connectivity index (χ1) is 15.8. The van der Waals surface area contributed by atoms with Crippen molar-refractivity contribution < 1.29 is 9.59 Å². The van der Waals surface area contributed by atoms with Gasteiger partial charge in [-0.3, -0.25) is 9.59 Å². The molecule has 0 aromatic heterocycles. The molecule has 182 valence electrons. The van der Waals surface area contributed by atoms with Crippen molar-refractivity contribution in [3.05, 3.63) is 11.6 Å². The number of allylic oxidation sites excluding steroid dienone is 2. The minimum Gasteiger partial charge on any atom is -0.299 e. The summed E-state index contributed by atoms with van der Waals surface area (Å²) in [5.74, 6) is 0.505. The average molecular weight is 461 g/mol. The molecule has 5 rings (SSSR count). The highest BCUT2D eigenvalue weighted by atomic mass is 16.1. The van der Waals surface area contributed by atoms with Crippen molar-refractivity contribution in [3.63, 3.8) is 0 Å². The summed E-state index contributed by atoms with van der Waals surface area (Å²) in [6, 6.07) is 4.93. The summed E-state index contributed by atoms with van der Waals surface area (Å²) in [7, 11) is 0. The lowest BCUT2D eigenvalue weighted by molar-refractivity contribution is -0.212. The van der Waals surface area contributed by atoms with Gasteiger partial charge >= 0.3 is 0 Å². The molecule has 0 aromatic rings. The Morgan fingerprint density at radius 1 is 0.912 bits per heavy atom. The number of nitriles is 2. The van der Waals surface area contributed by atoms with Crippen LogP contribution >= 0.6 is 0 Å². The molecule has 34 heavy (non-hydrogen) atoms. The molecule has 9 atom stereocenters. The normalized spacial score (nSPS) is 51.5. The van der Waals surface area contributed by atoms with Gasteiger partial charge in [-0.15, -0.1) is 0 Å². The first-order valence-corrected chi connectivity index (χ1v) is 13.4. The quantitative estimate of drug-likeness (QED) is 0.418. The van der Waals surface area contributed by atoms with E-state index in [0.29, 0.717) is 12.2 Å². The number of fused-ring (bicyclic) bond motifs is 7. The molecule has 0 bridgehead atoms. The van der Waals surface area contributed by atoms with Crippen molar-refractivity contribution in [1.82, 2.24) is 0 Å². The largest absolute Gasteiger partial charge is 0.299 e. The van der Waals surface area contributed by atoms with E-state index in [-0.39, 0.29) is 68.0 Å². The summed E-state index contributed by atoms with van der Waals surface area (Å²) in [5.41, 5.74) is -0.461. The van der Waals surface area contributed by atoms with E-state index in [1.54, 1.807) is 0 Å². The maximum atomic E-state index is 14.2. The second kappa shape index (κ2) is 7.06. The number of hydrogen-bond acceptors (Lipinski definition) is 4. The first kappa shape index (κ1) is 23.8. The van der Waals surface area contributed by atoms with Crippen molar-refractivity contribution in [1.29, 1.82) is 10.5 Å². The van der Waals surface area contributed by atoms with Crippen LogP contribution in [-0.4, -0.2) is 11.6 Å². The van der Waals surface area contributed by atoms with Crippen molar-refractivity contribution in [2.45, 2.75) is 92.9 Å². The van der Waals surface area contributed by atoms with Crippen molar-refractivity contribution in [2.75, 3.05) is 0 Å². The van der Waals surface area contributed by atoms with Crippen LogP contribution in [0.4, 0.5) is 0 Å². The molecule has 0 spiro atoms. The predicted octanol–water partition coefficient (Wildman–Crippen LogP) is 6.42. The van der Waals surface area contributed by atoms with Gasteiger partial charge in [-0.1, -0.05) is 47.6 Å². The van der Waals surface area contributed by atoms with E-state index in [0.717, 1.165) is 44.9 Å². The van der Waals surface area contributed by atoms with Crippen LogP contribution in [0.5, 0.6) is 0 Å². The highest BCUT2D eigenvalue weighted by Gasteiger charge is 2.71. The molecule has 4 unspecified atom stereocenters. The second-order valence-electron chi connectivity index (χ2n) is 14.1. The van der Waals surface area contributed by atoms with Crippen LogP contribution < -0.4 is 0 Å². The van der Waals surface area contributed by atoms with Crippen molar-refractivity contribution in [3.8, 4) is 12.1 Å². The Bertz CT molecular complexity index is 1070. The monoisotopic (exact) mass is 460 g/mol. The molecule has 0 saturated heterocycles. The van der Waals surface area contributed by atoms with E-state index in [2.05, 4.69) is 46.8 Å².